The maximum Gasteiger partial charge on any atom is 0.239 e. The first-order chi connectivity index (χ1) is 11.1. The summed E-state index contributed by atoms with van der Waals surface area (Å²) in [6.07, 6.45) is 1.02. The van der Waals surface area contributed by atoms with Crippen LogP contribution in [0.2, 0.25) is 0 Å². The molecular weight excluding hydrogens is 328 g/mol. The fourth-order valence-electron chi connectivity index (χ4n) is 2.39. The molecule has 1 unspecified atom stereocenters. The molecule has 1 aromatic carbocycles. The van der Waals surface area contributed by atoms with Crippen molar-refractivity contribution in [2.24, 2.45) is 5.92 Å². The number of nitrogens with one attached hydrogen (secondary N) is 2. The molecule has 136 valence electrons. The third kappa shape index (κ3) is 6.67. The monoisotopic (exact) mass is 356 g/mol. The van der Waals surface area contributed by atoms with Gasteiger partial charge in [0.05, 0.1) is 19.8 Å². The lowest BCUT2D eigenvalue weighted by atomic mass is 10.1. The molecule has 1 aliphatic rings. The number of hydrogen-bond donors (Lipinski definition) is 2. The smallest absolute Gasteiger partial charge is 0.239 e. The standard InChI is InChI=1S/C18H28N2O3.ClH/c1-13(2)6-8-23-17-10-14(3)4-5-15(17)11-20-18(21)16-12-22-9-7-19-16;/h4-5,10,13,16,19H,6-9,11-12H2,1-3H3,(H,20,21);1H. The molecule has 0 radical (unpaired) electrons. The highest BCUT2D eigenvalue weighted by atomic mass is 35.5. The second-order valence-corrected chi connectivity index (χ2v) is 6.44. The molecule has 1 fully saturated rings. The molecule has 1 amide bonds. The van der Waals surface area contributed by atoms with E-state index in [9.17, 15) is 4.79 Å². The van der Waals surface area contributed by atoms with E-state index in [0.717, 1.165) is 23.3 Å². The van der Waals surface area contributed by atoms with E-state index in [0.29, 0.717) is 38.8 Å². The fourth-order valence-corrected chi connectivity index (χ4v) is 2.39. The second-order valence-electron chi connectivity index (χ2n) is 6.44. The summed E-state index contributed by atoms with van der Waals surface area (Å²) in [5.74, 6) is 1.44. The van der Waals surface area contributed by atoms with E-state index in [1.165, 1.54) is 0 Å². The van der Waals surface area contributed by atoms with E-state index >= 15 is 0 Å². The summed E-state index contributed by atoms with van der Waals surface area (Å²) >= 11 is 0. The zero-order valence-corrected chi connectivity index (χ0v) is 15.6. The normalized spacial score (nSPS) is 17.2. The summed E-state index contributed by atoms with van der Waals surface area (Å²) in [6, 6.07) is 5.83. The lowest BCUT2D eigenvalue weighted by Gasteiger charge is -2.23. The number of morpholine rings is 1. The highest BCUT2D eigenvalue weighted by molar-refractivity contribution is 5.85. The topological polar surface area (TPSA) is 59.6 Å². The number of rotatable bonds is 7. The van der Waals surface area contributed by atoms with Crippen LogP contribution in [0.4, 0.5) is 0 Å². The average molecular weight is 357 g/mol. The van der Waals surface area contributed by atoms with Crippen LogP contribution in [0.1, 0.15) is 31.4 Å². The van der Waals surface area contributed by atoms with Crippen molar-refractivity contribution < 1.29 is 14.3 Å². The Hall–Kier alpha value is -1.30. The predicted octanol–water partition coefficient (Wildman–Crippen LogP) is 2.45. The molecule has 1 heterocycles. The van der Waals surface area contributed by atoms with Crippen LogP contribution in [-0.2, 0) is 16.1 Å². The third-order valence-electron chi connectivity index (χ3n) is 3.87. The molecule has 0 spiro atoms. The van der Waals surface area contributed by atoms with Crippen LogP contribution in [0.25, 0.3) is 0 Å². The van der Waals surface area contributed by atoms with Crippen molar-refractivity contribution in [3.05, 3.63) is 29.3 Å². The van der Waals surface area contributed by atoms with Gasteiger partial charge in [0, 0.05) is 18.7 Å². The number of carbonyl (C=O) groups excluding carboxylic acids is 1. The number of ether oxygens (including phenoxy) is 2. The highest BCUT2D eigenvalue weighted by Crippen LogP contribution is 2.21. The van der Waals surface area contributed by atoms with E-state index in [2.05, 4.69) is 24.5 Å². The number of aryl methyl sites for hydroxylation is 1. The number of hydrogen-bond acceptors (Lipinski definition) is 4. The van der Waals surface area contributed by atoms with Gasteiger partial charge < -0.3 is 20.1 Å². The zero-order valence-electron chi connectivity index (χ0n) is 14.8. The Balaban J connectivity index is 0.00000288. The molecule has 0 bridgehead atoms. The minimum absolute atomic E-state index is 0. The zero-order chi connectivity index (χ0) is 16.7. The lowest BCUT2D eigenvalue weighted by Crippen LogP contribution is -2.51. The van der Waals surface area contributed by atoms with Crippen LogP contribution < -0.4 is 15.4 Å². The van der Waals surface area contributed by atoms with Crippen molar-refractivity contribution in [2.75, 3.05) is 26.4 Å². The van der Waals surface area contributed by atoms with Crippen molar-refractivity contribution in [3.8, 4) is 5.75 Å². The number of benzene rings is 1. The maximum atomic E-state index is 12.2. The van der Waals surface area contributed by atoms with Crippen LogP contribution in [0.3, 0.4) is 0 Å². The Morgan fingerprint density at radius 2 is 2.25 bits per heavy atom. The van der Waals surface area contributed by atoms with Crippen molar-refractivity contribution in [1.82, 2.24) is 10.6 Å². The van der Waals surface area contributed by atoms with E-state index in [1.54, 1.807) is 0 Å². The largest absolute Gasteiger partial charge is 0.493 e. The molecule has 2 N–H and O–H groups in total. The quantitative estimate of drug-likeness (QED) is 0.787. The number of amides is 1. The van der Waals surface area contributed by atoms with Crippen LogP contribution in [0.15, 0.2) is 18.2 Å². The molecule has 0 aromatic heterocycles. The molecule has 1 atom stereocenters. The van der Waals surface area contributed by atoms with Crippen molar-refractivity contribution in [1.29, 1.82) is 0 Å². The SMILES string of the molecule is Cc1ccc(CNC(=O)C2COCCN2)c(OCCC(C)C)c1.Cl. The van der Waals surface area contributed by atoms with Crippen molar-refractivity contribution in [2.45, 2.75) is 39.8 Å². The summed E-state index contributed by atoms with van der Waals surface area (Å²) < 4.78 is 11.2. The third-order valence-corrected chi connectivity index (χ3v) is 3.87. The molecule has 1 aliphatic heterocycles. The summed E-state index contributed by atoms with van der Waals surface area (Å²) in [4.78, 5) is 12.2. The van der Waals surface area contributed by atoms with Gasteiger partial charge in [0.1, 0.15) is 11.8 Å². The number of carbonyl (C=O) groups is 1. The van der Waals surface area contributed by atoms with Gasteiger partial charge in [0.25, 0.3) is 0 Å². The molecule has 24 heavy (non-hydrogen) atoms. The van der Waals surface area contributed by atoms with E-state index < -0.39 is 0 Å². The minimum Gasteiger partial charge on any atom is -0.493 e. The summed E-state index contributed by atoms with van der Waals surface area (Å²) in [7, 11) is 0. The van der Waals surface area contributed by atoms with Crippen LogP contribution >= 0.6 is 12.4 Å². The van der Waals surface area contributed by atoms with E-state index in [4.69, 9.17) is 9.47 Å². The molecule has 2 rings (SSSR count). The first kappa shape index (κ1) is 20.7. The van der Waals surface area contributed by atoms with E-state index in [-0.39, 0.29) is 24.4 Å². The van der Waals surface area contributed by atoms with Gasteiger partial charge in [-0.3, -0.25) is 4.79 Å². The first-order valence-corrected chi connectivity index (χ1v) is 8.37. The van der Waals surface area contributed by atoms with Gasteiger partial charge in [-0.25, -0.2) is 0 Å². The van der Waals surface area contributed by atoms with Crippen LogP contribution in [0, 0.1) is 12.8 Å². The molecule has 0 aliphatic carbocycles. The van der Waals surface area contributed by atoms with Crippen LogP contribution in [-0.4, -0.2) is 38.3 Å². The molecule has 1 saturated heterocycles. The average Bonchev–Trinajstić information content (AvgIpc) is 2.54. The van der Waals surface area contributed by atoms with Gasteiger partial charge in [0.2, 0.25) is 5.91 Å². The molecule has 6 heteroatoms. The van der Waals surface area contributed by atoms with Gasteiger partial charge >= 0.3 is 0 Å². The molecular formula is C18H29ClN2O3. The number of halogens is 1. The molecule has 5 nitrogen and oxygen atoms in total. The Morgan fingerprint density at radius 1 is 1.46 bits per heavy atom. The fraction of sp³-hybridized carbons (Fsp3) is 0.611. The highest BCUT2D eigenvalue weighted by Gasteiger charge is 2.21. The Bertz CT molecular complexity index is 517. The van der Waals surface area contributed by atoms with Gasteiger partial charge in [0.15, 0.2) is 0 Å². The van der Waals surface area contributed by atoms with Crippen molar-refractivity contribution in [3.63, 3.8) is 0 Å². The molecule has 1 aromatic rings. The summed E-state index contributed by atoms with van der Waals surface area (Å²) in [5.41, 5.74) is 2.16. The lowest BCUT2D eigenvalue weighted by molar-refractivity contribution is -0.126. The Labute approximate surface area is 150 Å². The predicted molar refractivity (Wildman–Crippen MR) is 97.8 cm³/mol. The second kappa shape index (κ2) is 10.5. The molecule has 0 saturated carbocycles. The van der Waals surface area contributed by atoms with Gasteiger partial charge in [-0.05, 0) is 30.9 Å². The van der Waals surface area contributed by atoms with Gasteiger partial charge in [-0.2, -0.15) is 0 Å². The summed E-state index contributed by atoms with van der Waals surface area (Å²) in [5, 5.41) is 6.12. The first-order valence-electron chi connectivity index (χ1n) is 8.37. The van der Waals surface area contributed by atoms with E-state index in [1.807, 2.05) is 25.1 Å². The Kier molecular flexibility index (Phi) is 9.11. The van der Waals surface area contributed by atoms with Crippen molar-refractivity contribution >= 4 is 18.3 Å². The van der Waals surface area contributed by atoms with Gasteiger partial charge in [-0.1, -0.05) is 26.0 Å². The minimum atomic E-state index is -0.264. The Morgan fingerprint density at radius 3 is 2.92 bits per heavy atom. The van der Waals surface area contributed by atoms with Gasteiger partial charge in [-0.15, -0.1) is 12.4 Å². The summed E-state index contributed by atoms with van der Waals surface area (Å²) in [6.45, 7) is 9.37. The maximum absolute atomic E-state index is 12.2. The van der Waals surface area contributed by atoms with Crippen LogP contribution in [0.5, 0.6) is 5.75 Å².